The second-order valence-corrected chi connectivity index (χ2v) is 5.58. The van der Waals surface area contributed by atoms with Crippen molar-refractivity contribution < 1.29 is 14.0 Å². The van der Waals surface area contributed by atoms with Crippen LogP contribution in [0.25, 0.3) is 0 Å². The molecule has 0 atom stereocenters. The predicted octanol–water partition coefficient (Wildman–Crippen LogP) is 4.27. The summed E-state index contributed by atoms with van der Waals surface area (Å²) in [6.07, 6.45) is 8.07. The first kappa shape index (κ1) is 18.3. The van der Waals surface area contributed by atoms with Crippen molar-refractivity contribution in [3.05, 3.63) is 35.6 Å². The first-order valence-corrected chi connectivity index (χ1v) is 8.19. The quantitative estimate of drug-likeness (QED) is 0.377. The van der Waals surface area contributed by atoms with E-state index in [1.807, 2.05) is 0 Å². The van der Waals surface area contributed by atoms with Gasteiger partial charge in [0.05, 0.1) is 6.42 Å². The molecule has 4 heteroatoms. The van der Waals surface area contributed by atoms with Crippen LogP contribution in [0, 0.1) is 5.82 Å². The molecule has 0 spiro atoms. The first-order chi connectivity index (χ1) is 10.6. The molecule has 122 valence electrons. The molecule has 0 aliphatic heterocycles. The Bertz CT molecular complexity index is 474. The van der Waals surface area contributed by atoms with Crippen LogP contribution < -0.4 is 5.32 Å². The number of ketones is 1. The van der Waals surface area contributed by atoms with Gasteiger partial charge in [-0.05, 0) is 18.6 Å². The molecule has 0 heterocycles. The number of benzene rings is 1. The van der Waals surface area contributed by atoms with Gasteiger partial charge in [-0.25, -0.2) is 4.39 Å². The molecule has 0 saturated carbocycles. The van der Waals surface area contributed by atoms with Gasteiger partial charge >= 0.3 is 0 Å². The Morgan fingerprint density at radius 2 is 1.73 bits per heavy atom. The zero-order valence-corrected chi connectivity index (χ0v) is 13.4. The number of rotatable bonds is 11. The number of carbonyl (C=O) groups excluding carboxylic acids is 2. The van der Waals surface area contributed by atoms with Gasteiger partial charge in [-0.2, -0.15) is 0 Å². The Labute approximate surface area is 132 Å². The number of unbranched alkanes of at least 4 members (excludes halogenated alkanes) is 6. The highest BCUT2D eigenvalue weighted by Crippen LogP contribution is 2.07. The molecule has 1 aromatic rings. The van der Waals surface area contributed by atoms with Crippen molar-refractivity contribution in [2.24, 2.45) is 0 Å². The summed E-state index contributed by atoms with van der Waals surface area (Å²) in [7, 11) is 0. The standard InChI is InChI=1S/C18H26FNO2/c1-2-3-4-5-6-7-8-12-20-18(22)14-17(21)15-10-9-11-16(19)13-15/h9-11,13H,2-8,12,14H2,1H3,(H,20,22). The van der Waals surface area contributed by atoms with Gasteiger partial charge in [0.2, 0.25) is 5.91 Å². The topological polar surface area (TPSA) is 46.2 Å². The molecule has 1 N–H and O–H groups in total. The van der Waals surface area contributed by atoms with Crippen LogP contribution in [0.2, 0.25) is 0 Å². The van der Waals surface area contributed by atoms with Gasteiger partial charge in [-0.1, -0.05) is 57.6 Å². The van der Waals surface area contributed by atoms with Crippen molar-refractivity contribution in [2.45, 2.75) is 58.3 Å². The van der Waals surface area contributed by atoms with Gasteiger partial charge in [0.25, 0.3) is 0 Å². The van der Waals surface area contributed by atoms with Gasteiger partial charge < -0.3 is 5.32 Å². The number of nitrogens with one attached hydrogen (secondary N) is 1. The molecule has 22 heavy (non-hydrogen) atoms. The van der Waals surface area contributed by atoms with Crippen LogP contribution in [-0.2, 0) is 4.79 Å². The molecule has 1 aromatic carbocycles. The van der Waals surface area contributed by atoms with E-state index in [1.54, 1.807) is 0 Å². The number of hydrogen-bond donors (Lipinski definition) is 1. The lowest BCUT2D eigenvalue weighted by Crippen LogP contribution is -2.26. The predicted molar refractivity (Wildman–Crippen MR) is 86.4 cm³/mol. The Kier molecular flexibility index (Phi) is 9.12. The summed E-state index contributed by atoms with van der Waals surface area (Å²) in [5.41, 5.74) is 0.242. The molecule has 0 saturated heterocycles. The molecule has 0 aromatic heterocycles. The maximum atomic E-state index is 13.0. The largest absolute Gasteiger partial charge is 0.356 e. The summed E-state index contributed by atoms with van der Waals surface area (Å²) in [5, 5.41) is 2.75. The minimum Gasteiger partial charge on any atom is -0.356 e. The summed E-state index contributed by atoms with van der Waals surface area (Å²) in [6, 6.07) is 5.43. The molecule has 1 amide bonds. The highest BCUT2D eigenvalue weighted by atomic mass is 19.1. The highest BCUT2D eigenvalue weighted by molar-refractivity contribution is 6.07. The van der Waals surface area contributed by atoms with Crippen molar-refractivity contribution in [1.82, 2.24) is 5.32 Å². The molecular formula is C18H26FNO2. The number of amides is 1. The van der Waals surface area contributed by atoms with Crippen molar-refractivity contribution >= 4 is 11.7 Å². The minimum atomic E-state index is -0.464. The van der Waals surface area contributed by atoms with Gasteiger partial charge in [0.15, 0.2) is 5.78 Å². The van der Waals surface area contributed by atoms with E-state index in [-0.39, 0.29) is 23.7 Å². The van der Waals surface area contributed by atoms with Crippen LogP contribution in [0.15, 0.2) is 24.3 Å². The Morgan fingerprint density at radius 3 is 2.41 bits per heavy atom. The monoisotopic (exact) mass is 307 g/mol. The van der Waals surface area contributed by atoms with Crippen LogP contribution in [0.1, 0.15) is 68.6 Å². The maximum Gasteiger partial charge on any atom is 0.227 e. The lowest BCUT2D eigenvalue weighted by molar-refractivity contribution is -0.120. The zero-order chi connectivity index (χ0) is 16.2. The number of hydrogen-bond acceptors (Lipinski definition) is 2. The minimum absolute atomic E-state index is 0.222. The molecule has 0 aliphatic carbocycles. The fraction of sp³-hybridized carbons (Fsp3) is 0.556. The van der Waals surface area contributed by atoms with Crippen molar-refractivity contribution in [2.75, 3.05) is 6.54 Å². The van der Waals surface area contributed by atoms with Gasteiger partial charge in [-0.15, -0.1) is 0 Å². The summed E-state index contributed by atoms with van der Waals surface area (Å²) in [4.78, 5) is 23.5. The summed E-state index contributed by atoms with van der Waals surface area (Å²) < 4.78 is 13.0. The van der Waals surface area contributed by atoms with Gasteiger partial charge in [0.1, 0.15) is 5.82 Å². The Hall–Kier alpha value is -1.71. The van der Waals surface area contributed by atoms with E-state index < -0.39 is 5.82 Å². The van der Waals surface area contributed by atoms with E-state index >= 15 is 0 Å². The number of halogens is 1. The molecule has 0 unspecified atom stereocenters. The fourth-order valence-electron chi connectivity index (χ4n) is 2.28. The molecule has 0 fully saturated rings. The van der Waals surface area contributed by atoms with E-state index in [0.717, 1.165) is 18.9 Å². The average molecular weight is 307 g/mol. The average Bonchev–Trinajstić information content (AvgIpc) is 2.50. The molecule has 0 aliphatic rings. The van der Waals surface area contributed by atoms with Crippen molar-refractivity contribution in [3.63, 3.8) is 0 Å². The lowest BCUT2D eigenvalue weighted by Gasteiger charge is -2.05. The van der Waals surface area contributed by atoms with Crippen LogP contribution >= 0.6 is 0 Å². The third-order valence-electron chi connectivity index (χ3n) is 3.57. The van der Waals surface area contributed by atoms with Crippen LogP contribution in [0.4, 0.5) is 4.39 Å². The van der Waals surface area contributed by atoms with E-state index in [1.165, 1.54) is 50.3 Å². The molecule has 0 bridgehead atoms. The third-order valence-corrected chi connectivity index (χ3v) is 3.57. The maximum absolute atomic E-state index is 13.0. The number of Topliss-reactive ketones (excluding diaryl/α,β-unsaturated/α-hetero) is 1. The second kappa shape index (κ2) is 10.9. The molecule has 0 radical (unpaired) electrons. The second-order valence-electron chi connectivity index (χ2n) is 5.58. The van der Waals surface area contributed by atoms with Crippen LogP contribution in [0.3, 0.4) is 0 Å². The number of carbonyl (C=O) groups is 2. The summed E-state index contributed by atoms with van der Waals surface area (Å²) >= 11 is 0. The van der Waals surface area contributed by atoms with Gasteiger partial charge in [0, 0.05) is 12.1 Å². The van der Waals surface area contributed by atoms with Crippen molar-refractivity contribution in [1.29, 1.82) is 0 Å². The lowest BCUT2D eigenvalue weighted by atomic mass is 10.1. The smallest absolute Gasteiger partial charge is 0.227 e. The normalized spacial score (nSPS) is 10.5. The first-order valence-electron chi connectivity index (χ1n) is 8.19. The van der Waals surface area contributed by atoms with Crippen molar-refractivity contribution in [3.8, 4) is 0 Å². The summed E-state index contributed by atoms with van der Waals surface area (Å²) in [5.74, 6) is -1.11. The van der Waals surface area contributed by atoms with Crippen LogP contribution in [-0.4, -0.2) is 18.2 Å². The van der Waals surface area contributed by atoms with Crippen LogP contribution in [0.5, 0.6) is 0 Å². The SMILES string of the molecule is CCCCCCCCCNC(=O)CC(=O)c1cccc(F)c1. The van der Waals surface area contributed by atoms with Gasteiger partial charge in [-0.3, -0.25) is 9.59 Å². The van der Waals surface area contributed by atoms with E-state index in [9.17, 15) is 14.0 Å². The Morgan fingerprint density at radius 1 is 1.05 bits per heavy atom. The molecule has 1 rings (SSSR count). The zero-order valence-electron chi connectivity index (χ0n) is 13.4. The third kappa shape index (κ3) is 7.91. The Balaban J connectivity index is 2.12. The molecule has 3 nitrogen and oxygen atoms in total. The molecular weight excluding hydrogens is 281 g/mol. The summed E-state index contributed by atoms with van der Waals surface area (Å²) in [6.45, 7) is 2.80. The van der Waals surface area contributed by atoms with E-state index in [0.29, 0.717) is 6.54 Å². The van der Waals surface area contributed by atoms with E-state index in [2.05, 4.69) is 12.2 Å². The fourth-order valence-corrected chi connectivity index (χ4v) is 2.28. The highest BCUT2D eigenvalue weighted by Gasteiger charge is 2.11. The van der Waals surface area contributed by atoms with E-state index in [4.69, 9.17) is 0 Å².